The minimum atomic E-state index is -0.599. The van der Waals surface area contributed by atoms with Gasteiger partial charge in [-0.1, -0.05) is 30.3 Å². The van der Waals surface area contributed by atoms with Crippen LogP contribution in [0.15, 0.2) is 42.5 Å². The van der Waals surface area contributed by atoms with E-state index in [-0.39, 0.29) is 11.9 Å². The zero-order valence-corrected chi connectivity index (χ0v) is 17.5. The Bertz CT molecular complexity index is 853. The summed E-state index contributed by atoms with van der Waals surface area (Å²) < 4.78 is 11.6. The minimum absolute atomic E-state index is 0.0876. The van der Waals surface area contributed by atoms with Gasteiger partial charge in [-0.2, -0.15) is 0 Å². The molecule has 1 amide bonds. The summed E-state index contributed by atoms with van der Waals surface area (Å²) in [5.41, 5.74) is 3.36. The Morgan fingerprint density at radius 1 is 1.24 bits per heavy atom. The Morgan fingerprint density at radius 2 is 2.00 bits per heavy atom. The number of aliphatic hydroxyl groups excluding tert-OH is 1. The minimum Gasteiger partial charge on any atom is -0.490 e. The van der Waals surface area contributed by atoms with E-state index in [9.17, 15) is 9.90 Å². The van der Waals surface area contributed by atoms with Gasteiger partial charge >= 0.3 is 0 Å². The first-order valence-electron chi connectivity index (χ1n) is 10.0. The lowest BCUT2D eigenvalue weighted by atomic mass is 10.1. The van der Waals surface area contributed by atoms with Crippen LogP contribution in [-0.2, 0) is 17.8 Å². The molecule has 0 spiro atoms. The van der Waals surface area contributed by atoms with Crippen molar-refractivity contribution < 1.29 is 19.4 Å². The summed E-state index contributed by atoms with van der Waals surface area (Å²) in [6, 6.07) is 13.8. The molecule has 2 aromatic rings. The van der Waals surface area contributed by atoms with E-state index in [4.69, 9.17) is 9.47 Å². The Morgan fingerprint density at radius 3 is 2.72 bits per heavy atom. The molecule has 2 aromatic carbocycles. The molecule has 0 fully saturated rings. The molecule has 3 rings (SSSR count). The van der Waals surface area contributed by atoms with Crippen molar-refractivity contribution in [3.63, 3.8) is 0 Å². The molecule has 0 saturated heterocycles. The second-order valence-electron chi connectivity index (χ2n) is 7.54. The number of benzene rings is 2. The van der Waals surface area contributed by atoms with Gasteiger partial charge in [0.25, 0.3) is 5.91 Å². The van der Waals surface area contributed by atoms with Gasteiger partial charge in [0.15, 0.2) is 17.6 Å². The highest BCUT2D eigenvalue weighted by molar-refractivity contribution is 5.80. The third kappa shape index (κ3) is 4.89. The first kappa shape index (κ1) is 21.1. The maximum absolute atomic E-state index is 12.1. The molecule has 6 nitrogen and oxygen atoms in total. The van der Waals surface area contributed by atoms with E-state index in [1.54, 1.807) is 21.0 Å². The number of nitrogens with one attached hydrogen (secondary N) is 1. The van der Waals surface area contributed by atoms with Crippen LogP contribution in [0, 0.1) is 0 Å². The van der Waals surface area contributed by atoms with E-state index < -0.39 is 12.2 Å². The molecule has 0 radical (unpaired) electrons. The monoisotopic (exact) mass is 398 g/mol. The molecule has 0 aliphatic heterocycles. The SMILES string of the molecule is CCOc1cc(CN[C@@H]2c3ccccc3C[C@@H]2O)ccc1OC(C)C(=O)N(C)C. The van der Waals surface area contributed by atoms with Crippen molar-refractivity contribution in [3.05, 3.63) is 59.2 Å². The Hall–Kier alpha value is -2.57. The number of aliphatic hydroxyl groups is 1. The Kier molecular flexibility index (Phi) is 6.77. The van der Waals surface area contributed by atoms with Gasteiger partial charge in [-0.05, 0) is 42.7 Å². The molecule has 0 saturated carbocycles. The topological polar surface area (TPSA) is 71.0 Å². The highest BCUT2D eigenvalue weighted by Gasteiger charge is 2.30. The predicted molar refractivity (Wildman–Crippen MR) is 112 cm³/mol. The zero-order chi connectivity index (χ0) is 21.0. The quantitative estimate of drug-likeness (QED) is 0.715. The lowest BCUT2D eigenvalue weighted by molar-refractivity contribution is -0.135. The Balaban J connectivity index is 1.71. The van der Waals surface area contributed by atoms with Crippen molar-refractivity contribution in [1.82, 2.24) is 10.2 Å². The maximum Gasteiger partial charge on any atom is 0.262 e. The smallest absolute Gasteiger partial charge is 0.262 e. The molecule has 3 atom stereocenters. The number of carbonyl (C=O) groups excluding carboxylic acids is 1. The molecule has 2 N–H and O–H groups in total. The third-order valence-electron chi connectivity index (χ3n) is 5.13. The summed E-state index contributed by atoms with van der Waals surface area (Å²) in [5.74, 6) is 1.05. The van der Waals surface area contributed by atoms with Crippen molar-refractivity contribution in [2.45, 2.75) is 45.1 Å². The highest BCUT2D eigenvalue weighted by Crippen LogP contribution is 2.33. The van der Waals surface area contributed by atoms with Crippen LogP contribution in [0.25, 0.3) is 0 Å². The van der Waals surface area contributed by atoms with Crippen LogP contribution in [-0.4, -0.2) is 48.8 Å². The van der Waals surface area contributed by atoms with Crippen molar-refractivity contribution in [3.8, 4) is 11.5 Å². The van der Waals surface area contributed by atoms with Crippen LogP contribution in [0.1, 0.15) is 36.6 Å². The van der Waals surface area contributed by atoms with Gasteiger partial charge in [0.2, 0.25) is 0 Å². The number of ether oxygens (including phenoxy) is 2. The van der Waals surface area contributed by atoms with Gasteiger partial charge < -0.3 is 24.8 Å². The number of fused-ring (bicyclic) bond motifs is 1. The molecule has 156 valence electrons. The van der Waals surface area contributed by atoms with Gasteiger partial charge in [-0.15, -0.1) is 0 Å². The summed E-state index contributed by atoms with van der Waals surface area (Å²) in [4.78, 5) is 13.6. The largest absolute Gasteiger partial charge is 0.490 e. The van der Waals surface area contributed by atoms with E-state index in [1.165, 1.54) is 10.5 Å². The Labute approximate surface area is 172 Å². The summed E-state index contributed by atoms with van der Waals surface area (Å²) >= 11 is 0. The van der Waals surface area contributed by atoms with Crippen molar-refractivity contribution in [2.75, 3.05) is 20.7 Å². The average Bonchev–Trinajstić information content (AvgIpc) is 3.02. The second kappa shape index (κ2) is 9.29. The van der Waals surface area contributed by atoms with Crippen LogP contribution in [0.5, 0.6) is 11.5 Å². The molecular weight excluding hydrogens is 368 g/mol. The molecule has 0 heterocycles. The van der Waals surface area contributed by atoms with E-state index in [1.807, 2.05) is 37.3 Å². The van der Waals surface area contributed by atoms with Gasteiger partial charge in [-0.3, -0.25) is 4.79 Å². The summed E-state index contributed by atoms with van der Waals surface area (Å²) in [5, 5.41) is 13.9. The highest BCUT2D eigenvalue weighted by atomic mass is 16.5. The number of carbonyl (C=O) groups is 1. The zero-order valence-electron chi connectivity index (χ0n) is 17.5. The predicted octanol–water partition coefficient (Wildman–Crippen LogP) is 2.69. The third-order valence-corrected chi connectivity index (χ3v) is 5.13. The number of nitrogens with zero attached hydrogens (tertiary/aromatic N) is 1. The summed E-state index contributed by atoms with van der Waals surface area (Å²) in [6.07, 6.45) is -0.361. The molecule has 6 heteroatoms. The van der Waals surface area contributed by atoms with Gasteiger partial charge in [-0.25, -0.2) is 0 Å². The first-order chi connectivity index (χ1) is 13.9. The van der Waals surface area contributed by atoms with E-state index in [2.05, 4.69) is 17.4 Å². The normalized spacial score (nSPS) is 18.8. The fraction of sp³-hybridized carbons (Fsp3) is 0.435. The number of hydrogen-bond acceptors (Lipinski definition) is 5. The first-order valence-corrected chi connectivity index (χ1v) is 10.0. The molecule has 1 unspecified atom stereocenters. The van der Waals surface area contributed by atoms with Crippen LogP contribution in [0.4, 0.5) is 0 Å². The van der Waals surface area contributed by atoms with E-state index >= 15 is 0 Å². The molecular formula is C23H30N2O4. The number of hydrogen-bond donors (Lipinski definition) is 2. The standard InChI is InChI=1S/C23H30N2O4/c1-5-28-21-12-16(10-11-20(21)29-15(2)23(27)25(3)4)14-24-22-18-9-7-6-8-17(18)13-19(22)26/h6-12,15,19,22,24,26H,5,13-14H2,1-4H3/t15?,19-,22+/m0/s1. The van der Waals surface area contributed by atoms with Crippen molar-refractivity contribution in [1.29, 1.82) is 0 Å². The van der Waals surface area contributed by atoms with Crippen LogP contribution < -0.4 is 14.8 Å². The molecule has 1 aliphatic carbocycles. The molecule has 0 aromatic heterocycles. The molecule has 1 aliphatic rings. The average molecular weight is 399 g/mol. The lowest BCUT2D eigenvalue weighted by Crippen LogP contribution is -2.35. The fourth-order valence-electron chi connectivity index (χ4n) is 3.68. The lowest BCUT2D eigenvalue weighted by Gasteiger charge is -2.21. The van der Waals surface area contributed by atoms with Gasteiger partial charge in [0, 0.05) is 27.1 Å². The fourth-order valence-corrected chi connectivity index (χ4v) is 3.68. The molecule has 29 heavy (non-hydrogen) atoms. The van der Waals surface area contributed by atoms with Crippen molar-refractivity contribution in [2.24, 2.45) is 0 Å². The summed E-state index contributed by atoms with van der Waals surface area (Å²) in [7, 11) is 3.41. The number of likely N-dealkylation sites (N-methyl/N-ethyl adjacent to an activating group) is 1. The van der Waals surface area contributed by atoms with Crippen molar-refractivity contribution >= 4 is 5.91 Å². The van der Waals surface area contributed by atoms with E-state index in [0.29, 0.717) is 31.1 Å². The van der Waals surface area contributed by atoms with Gasteiger partial charge in [0.05, 0.1) is 18.8 Å². The number of rotatable bonds is 8. The van der Waals surface area contributed by atoms with Crippen LogP contribution in [0.3, 0.4) is 0 Å². The van der Waals surface area contributed by atoms with Crippen LogP contribution in [0.2, 0.25) is 0 Å². The van der Waals surface area contributed by atoms with Gasteiger partial charge in [0.1, 0.15) is 0 Å². The summed E-state index contributed by atoms with van der Waals surface area (Å²) in [6.45, 7) is 4.72. The number of amides is 1. The van der Waals surface area contributed by atoms with E-state index in [0.717, 1.165) is 11.1 Å². The molecule has 0 bridgehead atoms. The van der Waals surface area contributed by atoms with Crippen LogP contribution >= 0.6 is 0 Å². The second-order valence-corrected chi connectivity index (χ2v) is 7.54. The maximum atomic E-state index is 12.1.